The Bertz CT molecular complexity index is 207. The van der Waals surface area contributed by atoms with Crippen LogP contribution in [-0.2, 0) is 9.53 Å². The predicted octanol–water partition coefficient (Wildman–Crippen LogP) is 1.68. The first-order valence-corrected chi connectivity index (χ1v) is 4.03. The van der Waals surface area contributed by atoms with Gasteiger partial charge in [0.2, 0.25) is 0 Å². The Balaban J connectivity index is 4.02. The number of esters is 1. The van der Waals surface area contributed by atoms with E-state index in [0.717, 1.165) is 0 Å². The Morgan fingerprint density at radius 2 is 2.25 bits per heavy atom. The van der Waals surface area contributed by atoms with Crippen LogP contribution in [0.2, 0.25) is 0 Å². The van der Waals surface area contributed by atoms with Crippen molar-refractivity contribution in [2.45, 2.75) is 20.3 Å². The molecule has 0 aliphatic heterocycles. The fourth-order valence-corrected chi connectivity index (χ4v) is 0.830. The standard InChI is InChI=1S/C8H13NO2S/c1-8(2,5-9-6-12)4-7(10)11-3/h4-5H2,1-3H3. The highest BCUT2D eigenvalue weighted by Gasteiger charge is 2.21. The predicted molar refractivity (Wildman–Crippen MR) is 50.3 cm³/mol. The van der Waals surface area contributed by atoms with E-state index in [4.69, 9.17) is 0 Å². The maximum absolute atomic E-state index is 10.9. The topological polar surface area (TPSA) is 38.7 Å². The van der Waals surface area contributed by atoms with E-state index in [1.54, 1.807) is 0 Å². The molecule has 0 unspecified atom stereocenters. The molecular formula is C8H13NO2S. The lowest BCUT2D eigenvalue weighted by Crippen LogP contribution is -2.21. The van der Waals surface area contributed by atoms with Crippen LogP contribution in [0.3, 0.4) is 0 Å². The summed E-state index contributed by atoms with van der Waals surface area (Å²) in [5.74, 6) is -0.223. The number of carbonyl (C=O) groups is 1. The number of rotatable bonds is 4. The number of carbonyl (C=O) groups excluding carboxylic acids is 1. The van der Waals surface area contributed by atoms with Crippen LogP contribution in [0, 0.1) is 5.41 Å². The van der Waals surface area contributed by atoms with Crippen LogP contribution in [0.25, 0.3) is 0 Å². The molecule has 0 rings (SSSR count). The lowest BCUT2D eigenvalue weighted by molar-refractivity contribution is -0.142. The first kappa shape index (κ1) is 11.3. The number of hydrogen-bond donors (Lipinski definition) is 0. The summed E-state index contributed by atoms with van der Waals surface area (Å²) in [5.41, 5.74) is -0.196. The molecule has 0 aromatic heterocycles. The van der Waals surface area contributed by atoms with Crippen LogP contribution in [0.5, 0.6) is 0 Å². The molecule has 0 aliphatic rings. The third-order valence-corrected chi connectivity index (χ3v) is 1.55. The molecule has 0 saturated heterocycles. The quantitative estimate of drug-likeness (QED) is 0.382. The van der Waals surface area contributed by atoms with E-state index in [1.165, 1.54) is 7.11 Å². The second-order valence-electron chi connectivity index (χ2n) is 3.32. The van der Waals surface area contributed by atoms with Crippen molar-refractivity contribution in [3.63, 3.8) is 0 Å². The highest BCUT2D eigenvalue weighted by molar-refractivity contribution is 7.78. The van der Waals surface area contributed by atoms with Crippen molar-refractivity contribution in [2.24, 2.45) is 10.4 Å². The molecule has 0 amide bonds. The van der Waals surface area contributed by atoms with Gasteiger partial charge in [-0.1, -0.05) is 13.8 Å². The smallest absolute Gasteiger partial charge is 0.306 e. The SMILES string of the molecule is COC(=O)CC(C)(C)CN=C=S. The monoisotopic (exact) mass is 187 g/mol. The maximum Gasteiger partial charge on any atom is 0.306 e. The van der Waals surface area contributed by atoms with Crippen molar-refractivity contribution >= 4 is 23.3 Å². The fraction of sp³-hybridized carbons (Fsp3) is 0.750. The molecule has 0 N–H and O–H groups in total. The molecule has 3 nitrogen and oxygen atoms in total. The lowest BCUT2D eigenvalue weighted by atomic mass is 9.90. The normalized spacial score (nSPS) is 10.2. The molecule has 0 radical (unpaired) electrons. The molecule has 0 fully saturated rings. The highest BCUT2D eigenvalue weighted by atomic mass is 32.1. The van der Waals surface area contributed by atoms with Gasteiger partial charge in [-0.3, -0.25) is 4.79 Å². The van der Waals surface area contributed by atoms with E-state index < -0.39 is 0 Å². The van der Waals surface area contributed by atoms with Crippen LogP contribution in [0.1, 0.15) is 20.3 Å². The van der Waals surface area contributed by atoms with Crippen molar-refractivity contribution in [3.05, 3.63) is 0 Å². The van der Waals surface area contributed by atoms with Gasteiger partial charge in [-0.05, 0) is 17.6 Å². The van der Waals surface area contributed by atoms with Gasteiger partial charge in [0.15, 0.2) is 0 Å². The number of ether oxygens (including phenoxy) is 1. The van der Waals surface area contributed by atoms with Gasteiger partial charge in [-0.25, -0.2) is 4.99 Å². The fourth-order valence-electron chi connectivity index (χ4n) is 0.765. The van der Waals surface area contributed by atoms with Gasteiger partial charge in [0.25, 0.3) is 0 Å². The number of nitrogens with zero attached hydrogens (tertiary/aromatic N) is 1. The van der Waals surface area contributed by atoms with Gasteiger partial charge in [0.1, 0.15) is 0 Å². The minimum Gasteiger partial charge on any atom is -0.469 e. The Kier molecular flexibility index (Phi) is 4.71. The highest BCUT2D eigenvalue weighted by Crippen LogP contribution is 2.20. The van der Waals surface area contributed by atoms with Crippen molar-refractivity contribution in [2.75, 3.05) is 13.7 Å². The Morgan fingerprint density at radius 3 is 2.67 bits per heavy atom. The number of methoxy groups -OCH3 is 1. The Hall–Kier alpha value is -0.730. The number of thiocarbonyl (C=S) groups is 1. The Morgan fingerprint density at radius 1 is 1.67 bits per heavy atom. The summed E-state index contributed by atoms with van der Waals surface area (Å²) >= 11 is 4.43. The largest absolute Gasteiger partial charge is 0.469 e. The average Bonchev–Trinajstić information content (AvgIpc) is 2.00. The van der Waals surface area contributed by atoms with Gasteiger partial charge in [0.05, 0.1) is 25.2 Å². The first-order valence-electron chi connectivity index (χ1n) is 3.62. The molecule has 12 heavy (non-hydrogen) atoms. The van der Waals surface area contributed by atoms with E-state index in [2.05, 4.69) is 27.1 Å². The van der Waals surface area contributed by atoms with E-state index in [-0.39, 0.29) is 11.4 Å². The van der Waals surface area contributed by atoms with Crippen molar-refractivity contribution < 1.29 is 9.53 Å². The summed E-state index contributed by atoms with van der Waals surface area (Å²) in [6, 6.07) is 0. The summed E-state index contributed by atoms with van der Waals surface area (Å²) in [7, 11) is 1.38. The van der Waals surface area contributed by atoms with Crippen LogP contribution in [0.4, 0.5) is 0 Å². The molecule has 0 aromatic rings. The molecule has 0 saturated carbocycles. The third kappa shape index (κ3) is 4.99. The van der Waals surface area contributed by atoms with Crippen LogP contribution >= 0.6 is 12.2 Å². The summed E-state index contributed by atoms with van der Waals surface area (Å²) in [6.45, 7) is 4.37. The number of aliphatic imine (C=N–C) groups is 1. The zero-order valence-electron chi connectivity index (χ0n) is 7.59. The minimum absolute atomic E-state index is 0.196. The van der Waals surface area contributed by atoms with Crippen molar-refractivity contribution in [3.8, 4) is 0 Å². The summed E-state index contributed by atoms with van der Waals surface area (Å²) in [4.78, 5) is 14.7. The Labute approximate surface area is 77.8 Å². The molecule has 0 aliphatic carbocycles. The second-order valence-corrected chi connectivity index (χ2v) is 3.51. The number of hydrogen-bond acceptors (Lipinski definition) is 4. The van der Waals surface area contributed by atoms with Crippen LogP contribution in [-0.4, -0.2) is 24.8 Å². The first-order chi connectivity index (χ1) is 5.52. The van der Waals surface area contributed by atoms with Gasteiger partial charge >= 0.3 is 5.97 Å². The number of isothiocyanates is 1. The zero-order chi connectivity index (χ0) is 9.61. The minimum atomic E-state index is -0.223. The summed E-state index contributed by atoms with van der Waals surface area (Å²) < 4.78 is 4.54. The third-order valence-electron chi connectivity index (χ3n) is 1.42. The second kappa shape index (κ2) is 5.01. The van der Waals surface area contributed by atoms with Crippen LogP contribution < -0.4 is 0 Å². The summed E-state index contributed by atoms with van der Waals surface area (Å²) in [5, 5.41) is 2.27. The molecule has 0 aromatic carbocycles. The lowest BCUT2D eigenvalue weighted by Gasteiger charge is -2.19. The van der Waals surface area contributed by atoms with Gasteiger partial charge in [0, 0.05) is 0 Å². The molecule has 0 atom stereocenters. The van der Waals surface area contributed by atoms with Crippen molar-refractivity contribution in [1.82, 2.24) is 0 Å². The van der Waals surface area contributed by atoms with E-state index >= 15 is 0 Å². The van der Waals surface area contributed by atoms with Gasteiger partial charge in [-0.15, -0.1) is 0 Å². The van der Waals surface area contributed by atoms with E-state index in [0.29, 0.717) is 13.0 Å². The van der Waals surface area contributed by atoms with Gasteiger partial charge in [-0.2, -0.15) is 0 Å². The molecule has 68 valence electrons. The molecule has 4 heteroatoms. The van der Waals surface area contributed by atoms with Crippen molar-refractivity contribution in [1.29, 1.82) is 0 Å². The zero-order valence-corrected chi connectivity index (χ0v) is 8.40. The summed E-state index contributed by atoms with van der Waals surface area (Å²) in [6.07, 6.45) is 0.351. The van der Waals surface area contributed by atoms with Crippen LogP contribution in [0.15, 0.2) is 4.99 Å². The molecular weight excluding hydrogens is 174 g/mol. The molecule has 0 spiro atoms. The molecule has 0 bridgehead atoms. The van der Waals surface area contributed by atoms with E-state index in [1.807, 2.05) is 13.8 Å². The average molecular weight is 187 g/mol. The maximum atomic E-state index is 10.9. The van der Waals surface area contributed by atoms with Gasteiger partial charge < -0.3 is 4.74 Å². The van der Waals surface area contributed by atoms with E-state index in [9.17, 15) is 4.79 Å². The molecule has 0 heterocycles.